The summed E-state index contributed by atoms with van der Waals surface area (Å²) in [6.07, 6.45) is 8.31. The van der Waals surface area contributed by atoms with Crippen molar-refractivity contribution in [3.8, 4) is 0 Å². The third-order valence-corrected chi connectivity index (χ3v) is 11.1. The van der Waals surface area contributed by atoms with Crippen molar-refractivity contribution in [3.05, 3.63) is 11.6 Å². The van der Waals surface area contributed by atoms with Crippen LogP contribution in [0.3, 0.4) is 0 Å². The molecule has 2 heterocycles. The Hall–Kier alpha value is -0.750. The lowest BCUT2D eigenvalue weighted by Gasteiger charge is -2.57. The highest BCUT2D eigenvalue weighted by Gasteiger charge is 2.75. The normalized spacial score (nSPS) is 59.2. The highest BCUT2D eigenvalue weighted by Crippen LogP contribution is 2.72. The molecule has 3 saturated carbocycles. The number of aliphatic hydroxyl groups excluding tert-OH is 1. The summed E-state index contributed by atoms with van der Waals surface area (Å²) >= 11 is 0. The van der Waals surface area contributed by atoms with Crippen molar-refractivity contribution < 1.29 is 24.5 Å². The SMILES string of the molecule is CC1CCC2(OC1)OC1(O)CC3C4CC=C5CC(O)CCC5(C)C4C(=O)CC3(C)C1C2C. The maximum absolute atomic E-state index is 13.9. The lowest BCUT2D eigenvalue weighted by atomic mass is 9.46. The molecule has 0 aromatic rings. The number of ether oxygens (including phenoxy) is 2. The number of fused-ring (bicyclic) bond motifs is 7. The molecule has 0 aromatic heterocycles. The van der Waals surface area contributed by atoms with Gasteiger partial charge in [0.2, 0.25) is 0 Å². The van der Waals surface area contributed by atoms with E-state index in [0.29, 0.717) is 37.6 Å². The van der Waals surface area contributed by atoms with Crippen LogP contribution in [-0.4, -0.2) is 40.3 Å². The average molecular weight is 445 g/mol. The van der Waals surface area contributed by atoms with Crippen LogP contribution in [0.1, 0.15) is 79.1 Å². The fourth-order valence-electron chi connectivity index (χ4n) is 9.59. The smallest absolute Gasteiger partial charge is 0.174 e. The molecule has 2 saturated heterocycles. The number of allylic oxidation sites excluding steroid dienone is 1. The van der Waals surface area contributed by atoms with E-state index in [1.807, 2.05) is 0 Å². The first-order valence-electron chi connectivity index (χ1n) is 13.0. The van der Waals surface area contributed by atoms with Crippen LogP contribution in [0.5, 0.6) is 0 Å². The summed E-state index contributed by atoms with van der Waals surface area (Å²) in [5.74, 6) is -0.514. The van der Waals surface area contributed by atoms with E-state index in [-0.39, 0.29) is 46.5 Å². The molecule has 5 nitrogen and oxygen atoms in total. The van der Waals surface area contributed by atoms with Gasteiger partial charge in [0.25, 0.3) is 0 Å². The molecule has 2 aliphatic heterocycles. The molecule has 4 aliphatic carbocycles. The molecule has 6 aliphatic rings. The second kappa shape index (κ2) is 6.68. The summed E-state index contributed by atoms with van der Waals surface area (Å²) in [7, 11) is 0. The predicted octanol–water partition coefficient (Wildman–Crippen LogP) is 4.21. The van der Waals surface area contributed by atoms with Gasteiger partial charge in [-0.2, -0.15) is 0 Å². The van der Waals surface area contributed by atoms with Gasteiger partial charge in [0.1, 0.15) is 5.78 Å². The Bertz CT molecular complexity index is 858. The molecule has 0 bridgehead atoms. The first kappa shape index (κ1) is 21.8. The summed E-state index contributed by atoms with van der Waals surface area (Å²) < 4.78 is 12.9. The molecular formula is C27H40O5. The van der Waals surface area contributed by atoms with Crippen molar-refractivity contribution in [2.45, 2.75) is 96.7 Å². The number of ketones is 1. The predicted molar refractivity (Wildman–Crippen MR) is 119 cm³/mol. The Kier molecular flexibility index (Phi) is 4.54. The first-order chi connectivity index (χ1) is 15.0. The Morgan fingerprint density at radius 3 is 2.66 bits per heavy atom. The van der Waals surface area contributed by atoms with Crippen molar-refractivity contribution in [3.63, 3.8) is 0 Å². The van der Waals surface area contributed by atoms with E-state index >= 15 is 0 Å². The van der Waals surface area contributed by atoms with Gasteiger partial charge in [0.15, 0.2) is 11.6 Å². The van der Waals surface area contributed by atoms with Crippen molar-refractivity contribution >= 4 is 5.78 Å². The Balaban J connectivity index is 1.36. The molecular weight excluding hydrogens is 404 g/mol. The standard InChI is InChI=1S/C27H40O5/c1-15-7-10-27(31-14-15)16(2)23-25(4)13-21(29)22-19(20(25)12-26(23,30)32-27)6-5-17-11-18(28)8-9-24(17,22)3/h5,15-16,18-20,22-23,28,30H,6-14H2,1-4H3. The third kappa shape index (κ3) is 2.63. The van der Waals surface area contributed by atoms with Gasteiger partial charge in [-0.1, -0.05) is 39.3 Å². The number of aliphatic hydroxyl groups is 2. The van der Waals surface area contributed by atoms with E-state index in [4.69, 9.17) is 9.47 Å². The summed E-state index contributed by atoms with van der Waals surface area (Å²) in [5.41, 5.74) is 0.884. The molecule has 11 unspecified atom stereocenters. The Labute approximate surface area is 191 Å². The molecule has 2 N–H and O–H groups in total. The van der Waals surface area contributed by atoms with Crippen LogP contribution in [0.15, 0.2) is 11.6 Å². The van der Waals surface area contributed by atoms with Crippen LogP contribution in [0, 0.1) is 46.3 Å². The van der Waals surface area contributed by atoms with Crippen LogP contribution in [0.25, 0.3) is 0 Å². The van der Waals surface area contributed by atoms with Crippen LogP contribution in [0.4, 0.5) is 0 Å². The fraction of sp³-hybridized carbons (Fsp3) is 0.889. The van der Waals surface area contributed by atoms with E-state index in [9.17, 15) is 15.0 Å². The maximum atomic E-state index is 13.9. The second-order valence-electron chi connectivity index (χ2n) is 12.9. The van der Waals surface area contributed by atoms with E-state index in [0.717, 1.165) is 32.1 Å². The van der Waals surface area contributed by atoms with Crippen molar-refractivity contribution in [2.24, 2.45) is 46.3 Å². The van der Waals surface area contributed by atoms with Crippen LogP contribution >= 0.6 is 0 Å². The number of rotatable bonds is 0. The fourth-order valence-corrected chi connectivity index (χ4v) is 9.59. The molecule has 32 heavy (non-hydrogen) atoms. The van der Waals surface area contributed by atoms with E-state index in [2.05, 4.69) is 33.8 Å². The second-order valence-corrected chi connectivity index (χ2v) is 12.9. The molecule has 5 heteroatoms. The van der Waals surface area contributed by atoms with Crippen LogP contribution < -0.4 is 0 Å². The average Bonchev–Trinajstić information content (AvgIpc) is 3.08. The quantitative estimate of drug-likeness (QED) is 0.548. The number of carbonyl (C=O) groups excluding carboxylic acids is 1. The molecule has 1 spiro atoms. The minimum absolute atomic E-state index is 0.00606. The zero-order valence-corrected chi connectivity index (χ0v) is 20.1. The first-order valence-corrected chi connectivity index (χ1v) is 13.0. The lowest BCUT2D eigenvalue weighted by molar-refractivity contribution is -0.331. The maximum Gasteiger partial charge on any atom is 0.174 e. The number of carbonyl (C=O) groups is 1. The number of hydrogen-bond acceptors (Lipinski definition) is 5. The zero-order chi connectivity index (χ0) is 22.7. The molecule has 0 amide bonds. The minimum atomic E-state index is -1.21. The molecule has 6 rings (SSSR count). The van der Waals surface area contributed by atoms with Crippen LogP contribution in [-0.2, 0) is 14.3 Å². The molecule has 178 valence electrons. The van der Waals surface area contributed by atoms with Gasteiger partial charge < -0.3 is 19.7 Å². The summed E-state index contributed by atoms with van der Waals surface area (Å²) in [6, 6.07) is 0. The van der Waals surface area contributed by atoms with Gasteiger partial charge in [0.05, 0.1) is 12.7 Å². The van der Waals surface area contributed by atoms with Crippen LogP contribution in [0.2, 0.25) is 0 Å². The summed E-state index contributed by atoms with van der Waals surface area (Å²) in [5, 5.41) is 22.2. The van der Waals surface area contributed by atoms with Gasteiger partial charge >= 0.3 is 0 Å². The van der Waals surface area contributed by atoms with Crippen molar-refractivity contribution in [1.29, 1.82) is 0 Å². The monoisotopic (exact) mass is 444 g/mol. The van der Waals surface area contributed by atoms with Gasteiger partial charge in [0, 0.05) is 37.0 Å². The van der Waals surface area contributed by atoms with Gasteiger partial charge in [-0.05, 0) is 60.7 Å². The summed E-state index contributed by atoms with van der Waals surface area (Å²) in [4.78, 5) is 13.9. The topological polar surface area (TPSA) is 76.0 Å². The van der Waals surface area contributed by atoms with Crippen molar-refractivity contribution in [1.82, 2.24) is 0 Å². The van der Waals surface area contributed by atoms with E-state index in [1.54, 1.807) is 0 Å². The molecule has 5 fully saturated rings. The van der Waals surface area contributed by atoms with Gasteiger partial charge in [-0.25, -0.2) is 0 Å². The summed E-state index contributed by atoms with van der Waals surface area (Å²) in [6.45, 7) is 9.58. The molecule has 11 atom stereocenters. The van der Waals surface area contributed by atoms with Gasteiger partial charge in [-0.15, -0.1) is 0 Å². The Morgan fingerprint density at radius 2 is 1.94 bits per heavy atom. The largest absolute Gasteiger partial charge is 0.393 e. The highest BCUT2D eigenvalue weighted by atomic mass is 16.8. The van der Waals surface area contributed by atoms with Crippen molar-refractivity contribution in [2.75, 3.05) is 6.61 Å². The zero-order valence-electron chi connectivity index (χ0n) is 20.1. The lowest BCUT2D eigenvalue weighted by Crippen LogP contribution is -2.56. The molecule has 0 radical (unpaired) electrons. The highest BCUT2D eigenvalue weighted by molar-refractivity contribution is 5.85. The minimum Gasteiger partial charge on any atom is -0.393 e. The Morgan fingerprint density at radius 1 is 1.16 bits per heavy atom. The van der Waals surface area contributed by atoms with E-state index < -0.39 is 11.6 Å². The van der Waals surface area contributed by atoms with Gasteiger partial charge in [-0.3, -0.25) is 4.79 Å². The molecule has 0 aromatic carbocycles. The number of hydrogen-bond donors (Lipinski definition) is 2. The van der Waals surface area contributed by atoms with E-state index in [1.165, 1.54) is 5.57 Å². The third-order valence-electron chi connectivity index (χ3n) is 11.1. The number of Topliss-reactive ketones (excluding diaryl/α,β-unsaturated/α-hetero) is 1.